The minimum absolute atomic E-state index is 0.368. The van der Waals surface area contributed by atoms with Crippen molar-refractivity contribution in [3.8, 4) is 0 Å². The van der Waals surface area contributed by atoms with Gasteiger partial charge >= 0.3 is 0 Å². The predicted octanol–water partition coefficient (Wildman–Crippen LogP) is 3.96. The van der Waals surface area contributed by atoms with Gasteiger partial charge < -0.3 is 5.11 Å². The number of hydrogen-bond donors (Lipinski definition) is 1. The summed E-state index contributed by atoms with van der Waals surface area (Å²) in [5.41, 5.74) is 2.38. The fourth-order valence-electron chi connectivity index (χ4n) is 3.16. The summed E-state index contributed by atoms with van der Waals surface area (Å²) in [4.78, 5) is 2.43. The molecule has 1 fully saturated rings. The lowest BCUT2D eigenvalue weighted by Crippen LogP contribution is -2.42. The summed E-state index contributed by atoms with van der Waals surface area (Å²) >= 11 is 0. The van der Waals surface area contributed by atoms with Gasteiger partial charge in [0, 0.05) is 12.6 Å². The Morgan fingerprint density at radius 2 is 1.75 bits per heavy atom. The smallest absolute Gasteiger partial charge is 0.0917 e. The second-order valence-electron chi connectivity index (χ2n) is 6.81. The second kappa shape index (κ2) is 6.73. The highest BCUT2D eigenvalue weighted by Crippen LogP contribution is 2.25. The van der Waals surface area contributed by atoms with Gasteiger partial charge in [-0.2, -0.15) is 0 Å². The number of rotatable bonds is 4. The molecule has 1 aliphatic heterocycles. The number of aliphatic hydroxyl groups is 1. The largest absolute Gasteiger partial charge is 0.387 e. The molecule has 2 heteroatoms. The van der Waals surface area contributed by atoms with E-state index in [4.69, 9.17) is 0 Å². The highest BCUT2D eigenvalue weighted by atomic mass is 16.3. The first-order valence-corrected chi connectivity index (χ1v) is 7.99. The summed E-state index contributed by atoms with van der Waals surface area (Å²) in [7, 11) is 0. The van der Waals surface area contributed by atoms with Crippen LogP contribution in [0.15, 0.2) is 24.3 Å². The van der Waals surface area contributed by atoms with E-state index in [1.807, 2.05) is 0 Å². The molecule has 2 rings (SSSR count). The van der Waals surface area contributed by atoms with E-state index in [9.17, 15) is 5.11 Å². The summed E-state index contributed by atoms with van der Waals surface area (Å²) < 4.78 is 0. The molecule has 3 unspecified atom stereocenters. The monoisotopic (exact) mass is 275 g/mol. The van der Waals surface area contributed by atoms with Crippen molar-refractivity contribution in [2.75, 3.05) is 13.1 Å². The second-order valence-corrected chi connectivity index (χ2v) is 6.81. The van der Waals surface area contributed by atoms with Crippen molar-refractivity contribution in [1.82, 2.24) is 4.90 Å². The molecule has 0 amide bonds. The van der Waals surface area contributed by atoms with E-state index in [2.05, 4.69) is 56.9 Å². The zero-order chi connectivity index (χ0) is 14.7. The molecule has 112 valence electrons. The first-order valence-electron chi connectivity index (χ1n) is 7.99. The van der Waals surface area contributed by atoms with Gasteiger partial charge in [-0.1, -0.05) is 45.0 Å². The summed E-state index contributed by atoms with van der Waals surface area (Å²) in [6.07, 6.45) is 2.13. The molecule has 1 aliphatic rings. The third-order valence-electron chi connectivity index (χ3n) is 4.67. The van der Waals surface area contributed by atoms with Gasteiger partial charge in [0.2, 0.25) is 0 Å². The molecule has 1 N–H and O–H groups in total. The molecule has 0 saturated carbocycles. The zero-order valence-electron chi connectivity index (χ0n) is 13.3. The van der Waals surface area contributed by atoms with Crippen molar-refractivity contribution in [2.45, 2.75) is 58.6 Å². The molecule has 0 aliphatic carbocycles. The number of aliphatic hydroxyl groups excluding tert-OH is 1. The predicted molar refractivity (Wildman–Crippen MR) is 84.9 cm³/mol. The van der Waals surface area contributed by atoms with E-state index in [-0.39, 0.29) is 6.10 Å². The molecule has 1 heterocycles. The van der Waals surface area contributed by atoms with Crippen LogP contribution in [0.3, 0.4) is 0 Å². The van der Waals surface area contributed by atoms with Gasteiger partial charge in [0.05, 0.1) is 6.10 Å². The Hall–Kier alpha value is -0.860. The van der Waals surface area contributed by atoms with Crippen LogP contribution in [0.5, 0.6) is 0 Å². The Morgan fingerprint density at radius 3 is 2.30 bits per heavy atom. The third kappa shape index (κ3) is 3.83. The number of hydrogen-bond acceptors (Lipinski definition) is 2. The van der Waals surface area contributed by atoms with Gasteiger partial charge in [0.25, 0.3) is 0 Å². The van der Waals surface area contributed by atoms with Gasteiger partial charge in [0.1, 0.15) is 0 Å². The average molecular weight is 275 g/mol. The minimum atomic E-state index is -0.368. The van der Waals surface area contributed by atoms with Crippen molar-refractivity contribution >= 4 is 0 Å². The Morgan fingerprint density at radius 1 is 1.15 bits per heavy atom. The lowest BCUT2D eigenvalue weighted by Gasteiger charge is -2.37. The topological polar surface area (TPSA) is 23.5 Å². The molecule has 0 bridgehead atoms. The number of piperidine rings is 1. The maximum absolute atomic E-state index is 10.4. The van der Waals surface area contributed by atoms with Gasteiger partial charge in [-0.15, -0.1) is 0 Å². The minimum Gasteiger partial charge on any atom is -0.387 e. The highest BCUT2D eigenvalue weighted by Gasteiger charge is 2.24. The van der Waals surface area contributed by atoms with Crippen LogP contribution in [0.25, 0.3) is 0 Å². The highest BCUT2D eigenvalue weighted by molar-refractivity contribution is 5.26. The van der Waals surface area contributed by atoms with Crippen LogP contribution < -0.4 is 0 Å². The van der Waals surface area contributed by atoms with Crippen molar-refractivity contribution in [3.05, 3.63) is 35.4 Å². The van der Waals surface area contributed by atoms with Crippen LogP contribution in [0.1, 0.15) is 63.7 Å². The molecule has 0 spiro atoms. The fraction of sp³-hybridized carbons (Fsp3) is 0.667. The molecule has 1 aromatic carbocycles. The van der Waals surface area contributed by atoms with Gasteiger partial charge in [-0.05, 0) is 49.3 Å². The SMILES string of the molecule is CC1CCN(CC(O)c2ccc(C(C)C)cc2)C(C)C1. The van der Waals surface area contributed by atoms with Crippen LogP contribution >= 0.6 is 0 Å². The number of benzene rings is 1. The molecule has 0 radical (unpaired) electrons. The molecule has 1 saturated heterocycles. The summed E-state index contributed by atoms with van der Waals surface area (Å²) in [5, 5.41) is 10.4. The lowest BCUT2D eigenvalue weighted by molar-refractivity contribution is 0.0601. The number of β-amino-alcohol motifs (C(OH)–C–C–N with tert-alkyl or cyclic N) is 1. The zero-order valence-corrected chi connectivity index (χ0v) is 13.3. The van der Waals surface area contributed by atoms with Gasteiger partial charge in [0.15, 0.2) is 0 Å². The van der Waals surface area contributed by atoms with E-state index in [1.165, 1.54) is 18.4 Å². The standard InChI is InChI=1S/C18H29NO/c1-13(2)16-5-7-17(8-6-16)18(20)12-19-10-9-14(3)11-15(19)4/h5-8,13-15,18,20H,9-12H2,1-4H3. The Kier molecular flexibility index (Phi) is 5.22. The Labute approximate surface area is 123 Å². The van der Waals surface area contributed by atoms with Crippen molar-refractivity contribution in [3.63, 3.8) is 0 Å². The van der Waals surface area contributed by atoms with Crippen LogP contribution in [0, 0.1) is 5.92 Å². The van der Waals surface area contributed by atoms with Crippen molar-refractivity contribution < 1.29 is 5.11 Å². The van der Waals surface area contributed by atoms with E-state index in [0.717, 1.165) is 24.6 Å². The van der Waals surface area contributed by atoms with E-state index in [0.29, 0.717) is 12.0 Å². The summed E-state index contributed by atoms with van der Waals surface area (Å²) in [6.45, 7) is 10.9. The summed E-state index contributed by atoms with van der Waals surface area (Å²) in [5.74, 6) is 1.37. The van der Waals surface area contributed by atoms with E-state index in [1.54, 1.807) is 0 Å². The van der Waals surface area contributed by atoms with Gasteiger partial charge in [-0.3, -0.25) is 4.90 Å². The Bertz CT molecular complexity index is 412. The van der Waals surface area contributed by atoms with E-state index >= 15 is 0 Å². The van der Waals surface area contributed by atoms with Crippen molar-refractivity contribution in [1.29, 1.82) is 0 Å². The molecular formula is C18H29NO. The molecule has 1 aromatic rings. The first-order chi connectivity index (χ1) is 9.47. The number of likely N-dealkylation sites (tertiary alicyclic amines) is 1. The van der Waals surface area contributed by atoms with Crippen LogP contribution in [0.4, 0.5) is 0 Å². The molecule has 2 nitrogen and oxygen atoms in total. The molecular weight excluding hydrogens is 246 g/mol. The number of nitrogens with zero attached hydrogens (tertiary/aromatic N) is 1. The van der Waals surface area contributed by atoms with Gasteiger partial charge in [-0.25, -0.2) is 0 Å². The Balaban J connectivity index is 1.95. The van der Waals surface area contributed by atoms with Crippen molar-refractivity contribution in [2.24, 2.45) is 5.92 Å². The first kappa shape index (κ1) is 15.5. The molecule has 20 heavy (non-hydrogen) atoms. The molecule has 0 aromatic heterocycles. The lowest BCUT2D eigenvalue weighted by atomic mass is 9.92. The normalized spacial score (nSPS) is 25.9. The van der Waals surface area contributed by atoms with Crippen LogP contribution in [0.2, 0.25) is 0 Å². The van der Waals surface area contributed by atoms with E-state index < -0.39 is 0 Å². The quantitative estimate of drug-likeness (QED) is 0.899. The fourth-order valence-corrected chi connectivity index (χ4v) is 3.16. The maximum Gasteiger partial charge on any atom is 0.0917 e. The maximum atomic E-state index is 10.4. The third-order valence-corrected chi connectivity index (χ3v) is 4.67. The molecule has 3 atom stereocenters. The van der Waals surface area contributed by atoms with Crippen LogP contribution in [-0.4, -0.2) is 29.1 Å². The summed E-state index contributed by atoms with van der Waals surface area (Å²) in [6, 6.07) is 9.04. The average Bonchev–Trinajstić information content (AvgIpc) is 2.42. The van der Waals surface area contributed by atoms with Crippen LogP contribution in [-0.2, 0) is 0 Å².